The lowest BCUT2D eigenvalue weighted by atomic mass is 9.91. The maximum Gasteiger partial charge on any atom is 0.137 e. The van der Waals surface area contributed by atoms with Crippen molar-refractivity contribution in [2.75, 3.05) is 25.1 Å². The predicted octanol–water partition coefficient (Wildman–Crippen LogP) is 1.65. The Balaban J connectivity index is 1.95. The van der Waals surface area contributed by atoms with Crippen LogP contribution < -0.4 is 15.4 Å². The molecule has 2 heterocycles. The van der Waals surface area contributed by atoms with Gasteiger partial charge in [-0.15, -0.1) is 0 Å². The molecule has 0 aromatic carbocycles. The fraction of sp³-hybridized carbons (Fsp3) is 0.615. The molecular formula is C13H21N3O. The van der Waals surface area contributed by atoms with Crippen molar-refractivity contribution in [3.63, 3.8) is 0 Å². The highest BCUT2D eigenvalue weighted by atomic mass is 16.5. The van der Waals surface area contributed by atoms with Gasteiger partial charge in [-0.1, -0.05) is 0 Å². The Labute approximate surface area is 103 Å². The van der Waals surface area contributed by atoms with Gasteiger partial charge in [0, 0.05) is 19.1 Å². The van der Waals surface area contributed by atoms with E-state index < -0.39 is 0 Å². The van der Waals surface area contributed by atoms with E-state index in [4.69, 9.17) is 10.5 Å². The summed E-state index contributed by atoms with van der Waals surface area (Å²) in [5.74, 6) is 2.50. The van der Waals surface area contributed by atoms with Crippen LogP contribution in [0.4, 0.5) is 5.82 Å². The highest BCUT2D eigenvalue weighted by Crippen LogP contribution is 2.24. The standard InChI is InChI=1S/C13H21N3O/c1-10(14)11-5-7-16(8-6-11)13-4-3-12(17-2)9-15-13/h3-4,9-11H,5-8,14H2,1-2H3. The topological polar surface area (TPSA) is 51.4 Å². The largest absolute Gasteiger partial charge is 0.495 e. The first-order valence-electron chi connectivity index (χ1n) is 6.21. The lowest BCUT2D eigenvalue weighted by molar-refractivity contribution is 0.353. The summed E-state index contributed by atoms with van der Waals surface area (Å²) in [7, 11) is 1.66. The predicted molar refractivity (Wildman–Crippen MR) is 69.4 cm³/mol. The number of hydrogen-bond donors (Lipinski definition) is 1. The van der Waals surface area contributed by atoms with Crippen LogP contribution in [0.3, 0.4) is 0 Å². The van der Waals surface area contributed by atoms with Crippen LogP contribution in [0.25, 0.3) is 0 Å². The maximum absolute atomic E-state index is 5.94. The highest BCUT2D eigenvalue weighted by Gasteiger charge is 2.22. The summed E-state index contributed by atoms with van der Waals surface area (Å²) in [6, 6.07) is 4.28. The van der Waals surface area contributed by atoms with E-state index in [2.05, 4.69) is 16.8 Å². The third kappa shape index (κ3) is 2.88. The lowest BCUT2D eigenvalue weighted by Gasteiger charge is -2.34. The van der Waals surface area contributed by atoms with Crippen molar-refractivity contribution in [1.29, 1.82) is 0 Å². The number of nitrogens with two attached hydrogens (primary N) is 1. The van der Waals surface area contributed by atoms with E-state index in [1.807, 2.05) is 12.1 Å². The molecule has 1 atom stereocenters. The van der Waals surface area contributed by atoms with Crippen LogP contribution in [0, 0.1) is 5.92 Å². The summed E-state index contributed by atoms with van der Waals surface area (Å²) >= 11 is 0. The second-order valence-corrected chi connectivity index (χ2v) is 4.74. The molecule has 1 aromatic rings. The number of pyridine rings is 1. The molecule has 0 saturated carbocycles. The van der Waals surface area contributed by atoms with Crippen molar-refractivity contribution in [3.8, 4) is 5.75 Å². The number of anilines is 1. The number of hydrogen-bond acceptors (Lipinski definition) is 4. The molecule has 1 aliphatic rings. The molecular weight excluding hydrogens is 214 g/mol. The van der Waals surface area contributed by atoms with Gasteiger partial charge in [0.15, 0.2) is 0 Å². The van der Waals surface area contributed by atoms with E-state index in [0.717, 1.165) is 37.5 Å². The summed E-state index contributed by atoms with van der Waals surface area (Å²) in [5.41, 5.74) is 5.94. The second kappa shape index (κ2) is 5.36. The zero-order valence-electron chi connectivity index (χ0n) is 10.6. The third-order valence-electron chi connectivity index (χ3n) is 3.56. The Morgan fingerprint density at radius 3 is 2.59 bits per heavy atom. The normalized spacial score (nSPS) is 19.1. The fourth-order valence-electron chi connectivity index (χ4n) is 2.33. The smallest absolute Gasteiger partial charge is 0.137 e. The van der Waals surface area contributed by atoms with Gasteiger partial charge in [0.05, 0.1) is 13.3 Å². The zero-order valence-corrected chi connectivity index (χ0v) is 10.6. The Hall–Kier alpha value is -1.29. The first kappa shape index (κ1) is 12.2. The summed E-state index contributed by atoms with van der Waals surface area (Å²) < 4.78 is 5.11. The molecule has 17 heavy (non-hydrogen) atoms. The summed E-state index contributed by atoms with van der Waals surface area (Å²) in [6.45, 7) is 4.20. The quantitative estimate of drug-likeness (QED) is 0.865. The fourth-order valence-corrected chi connectivity index (χ4v) is 2.33. The van der Waals surface area contributed by atoms with Crippen LogP contribution in [0.2, 0.25) is 0 Å². The Bertz CT molecular complexity index is 342. The molecule has 0 radical (unpaired) electrons. The zero-order chi connectivity index (χ0) is 12.3. The van der Waals surface area contributed by atoms with Gasteiger partial charge in [-0.25, -0.2) is 4.98 Å². The molecule has 1 aliphatic heterocycles. The Morgan fingerprint density at radius 1 is 1.41 bits per heavy atom. The Kier molecular flexibility index (Phi) is 3.84. The number of nitrogens with zero attached hydrogens (tertiary/aromatic N) is 2. The molecule has 0 aliphatic carbocycles. The average Bonchev–Trinajstić information content (AvgIpc) is 2.39. The summed E-state index contributed by atoms with van der Waals surface area (Å²) in [5, 5.41) is 0. The minimum atomic E-state index is 0.306. The van der Waals surface area contributed by atoms with Gasteiger partial charge in [-0.05, 0) is 37.8 Å². The van der Waals surface area contributed by atoms with Crippen LogP contribution in [-0.4, -0.2) is 31.2 Å². The number of rotatable bonds is 3. The van der Waals surface area contributed by atoms with Crippen LogP contribution >= 0.6 is 0 Å². The third-order valence-corrected chi connectivity index (χ3v) is 3.56. The van der Waals surface area contributed by atoms with Crippen molar-refractivity contribution in [1.82, 2.24) is 4.98 Å². The van der Waals surface area contributed by atoms with Gasteiger partial charge in [0.2, 0.25) is 0 Å². The molecule has 1 aromatic heterocycles. The van der Waals surface area contributed by atoms with Crippen molar-refractivity contribution >= 4 is 5.82 Å². The first-order chi connectivity index (χ1) is 8.20. The number of ether oxygens (including phenoxy) is 1. The van der Waals surface area contributed by atoms with Gasteiger partial charge >= 0.3 is 0 Å². The second-order valence-electron chi connectivity index (χ2n) is 4.74. The molecule has 4 heteroatoms. The van der Waals surface area contributed by atoms with E-state index in [-0.39, 0.29) is 0 Å². The number of methoxy groups -OCH3 is 1. The van der Waals surface area contributed by atoms with Crippen molar-refractivity contribution in [3.05, 3.63) is 18.3 Å². The van der Waals surface area contributed by atoms with Gasteiger partial charge in [0.25, 0.3) is 0 Å². The molecule has 1 saturated heterocycles. The van der Waals surface area contributed by atoms with E-state index in [0.29, 0.717) is 12.0 Å². The minimum Gasteiger partial charge on any atom is -0.495 e. The van der Waals surface area contributed by atoms with Crippen LogP contribution in [0.5, 0.6) is 5.75 Å². The molecule has 4 nitrogen and oxygen atoms in total. The lowest BCUT2D eigenvalue weighted by Crippen LogP contribution is -2.40. The molecule has 0 spiro atoms. The summed E-state index contributed by atoms with van der Waals surface area (Å²) in [6.07, 6.45) is 4.09. The van der Waals surface area contributed by atoms with Gasteiger partial charge in [-0.3, -0.25) is 0 Å². The molecule has 1 unspecified atom stereocenters. The van der Waals surface area contributed by atoms with E-state index in [9.17, 15) is 0 Å². The van der Waals surface area contributed by atoms with E-state index in [1.54, 1.807) is 13.3 Å². The van der Waals surface area contributed by atoms with E-state index in [1.165, 1.54) is 0 Å². The minimum absolute atomic E-state index is 0.306. The van der Waals surface area contributed by atoms with Crippen molar-refractivity contribution in [2.24, 2.45) is 11.7 Å². The highest BCUT2D eigenvalue weighted by molar-refractivity contribution is 5.41. The molecule has 0 amide bonds. The van der Waals surface area contributed by atoms with Crippen molar-refractivity contribution < 1.29 is 4.74 Å². The molecule has 0 bridgehead atoms. The molecule has 2 rings (SSSR count). The molecule has 1 fully saturated rings. The summed E-state index contributed by atoms with van der Waals surface area (Å²) in [4.78, 5) is 6.73. The first-order valence-corrected chi connectivity index (χ1v) is 6.21. The average molecular weight is 235 g/mol. The number of aromatic nitrogens is 1. The SMILES string of the molecule is COc1ccc(N2CCC(C(C)N)CC2)nc1. The van der Waals surface area contributed by atoms with Gasteiger partial charge < -0.3 is 15.4 Å². The van der Waals surface area contributed by atoms with Crippen LogP contribution in [-0.2, 0) is 0 Å². The number of piperidine rings is 1. The maximum atomic E-state index is 5.94. The van der Waals surface area contributed by atoms with Crippen LogP contribution in [0.1, 0.15) is 19.8 Å². The Morgan fingerprint density at radius 2 is 2.12 bits per heavy atom. The van der Waals surface area contributed by atoms with Gasteiger partial charge in [-0.2, -0.15) is 0 Å². The van der Waals surface area contributed by atoms with Crippen LogP contribution in [0.15, 0.2) is 18.3 Å². The molecule has 94 valence electrons. The van der Waals surface area contributed by atoms with Crippen molar-refractivity contribution in [2.45, 2.75) is 25.8 Å². The van der Waals surface area contributed by atoms with Gasteiger partial charge in [0.1, 0.15) is 11.6 Å². The molecule has 2 N–H and O–H groups in total. The van der Waals surface area contributed by atoms with E-state index >= 15 is 0 Å². The monoisotopic (exact) mass is 235 g/mol.